The molecule has 1 rings (SSSR count). The summed E-state index contributed by atoms with van der Waals surface area (Å²) in [6, 6.07) is -14.4. The zero-order valence-electron chi connectivity index (χ0n) is 61.3. The molecule has 13 atom stereocenters. The average molecular weight is 1340 g/mol. The van der Waals surface area contributed by atoms with E-state index < -0.39 is 161 Å². The van der Waals surface area contributed by atoms with Crippen molar-refractivity contribution in [1.82, 2.24) is 60.5 Å². The predicted octanol–water partition coefficient (Wildman–Crippen LogP) is 3.05. The van der Waals surface area contributed by atoms with Gasteiger partial charge >= 0.3 is 0 Å². The molecule has 0 aromatic heterocycles. The van der Waals surface area contributed by atoms with E-state index in [1.165, 1.54) is 113 Å². The molecular formula is C67H122N12O13S. The molecule has 0 bridgehead atoms. The van der Waals surface area contributed by atoms with Crippen molar-refractivity contribution < 1.29 is 63.0 Å². The molecule has 6 N–H and O–H groups in total. The van der Waals surface area contributed by atoms with Crippen LogP contribution in [0.3, 0.4) is 0 Å². The van der Waals surface area contributed by atoms with Crippen molar-refractivity contribution in [2.45, 2.75) is 234 Å². The molecule has 0 aromatic rings. The molecule has 11 amide bonds. The van der Waals surface area contributed by atoms with Crippen LogP contribution in [0.2, 0.25) is 0 Å². The highest BCUT2D eigenvalue weighted by molar-refractivity contribution is 7.99. The topological polar surface area (TPSA) is 302 Å². The Kier molecular flexibility index (Phi) is 35.4. The minimum atomic E-state index is -1.66. The second-order valence-corrected chi connectivity index (χ2v) is 29.7. The smallest absolute Gasteiger partial charge is 0.246 e. The van der Waals surface area contributed by atoms with E-state index in [4.69, 9.17) is 0 Å². The largest absolute Gasteiger partial charge is 0.390 e. The van der Waals surface area contributed by atoms with Gasteiger partial charge in [0.15, 0.2) is 0 Å². The highest BCUT2D eigenvalue weighted by Crippen LogP contribution is 2.27. The van der Waals surface area contributed by atoms with Crippen molar-refractivity contribution in [2.24, 2.45) is 35.5 Å². The van der Waals surface area contributed by atoms with Crippen LogP contribution in [0, 0.1) is 35.5 Å². The van der Waals surface area contributed by atoms with Crippen LogP contribution in [0.25, 0.3) is 0 Å². The number of likely N-dealkylation sites (N-methyl/N-ethyl adjacent to an activating group) is 7. The van der Waals surface area contributed by atoms with Gasteiger partial charge in [0.05, 0.1) is 11.7 Å². The maximum atomic E-state index is 15.3. The fraction of sp³-hybridized carbons (Fsp3) is 0.806. The van der Waals surface area contributed by atoms with Gasteiger partial charge < -0.3 is 70.7 Å². The van der Waals surface area contributed by atoms with Gasteiger partial charge in [0, 0.05) is 73.8 Å². The Morgan fingerprint density at radius 2 is 0.946 bits per heavy atom. The van der Waals surface area contributed by atoms with Crippen LogP contribution in [0.15, 0.2) is 12.2 Å². The summed E-state index contributed by atoms with van der Waals surface area (Å²) in [5, 5.41) is 34.7. The molecule has 1 fully saturated rings. The second-order valence-electron chi connectivity index (χ2n) is 28.6. The summed E-state index contributed by atoms with van der Waals surface area (Å²) in [5.41, 5.74) is -1.58. The molecule has 1 aliphatic rings. The number of allylic oxidation sites excluding steroid dienone is 2. The Balaban J connectivity index is 4.56. The third-order valence-electron chi connectivity index (χ3n) is 17.3. The summed E-state index contributed by atoms with van der Waals surface area (Å²) in [7, 11) is 13.6. The van der Waals surface area contributed by atoms with E-state index in [9.17, 15) is 34.2 Å². The number of rotatable bonds is 20. The van der Waals surface area contributed by atoms with Crippen LogP contribution in [-0.2, 0) is 52.7 Å². The highest BCUT2D eigenvalue weighted by Gasteiger charge is 2.47. The van der Waals surface area contributed by atoms with Crippen LogP contribution >= 0.6 is 11.8 Å². The van der Waals surface area contributed by atoms with E-state index in [2.05, 4.69) is 21.3 Å². The zero-order valence-corrected chi connectivity index (χ0v) is 62.1. The van der Waals surface area contributed by atoms with Crippen LogP contribution in [0.5, 0.6) is 0 Å². The molecule has 0 radical (unpaired) electrons. The van der Waals surface area contributed by atoms with Crippen LogP contribution in [0.1, 0.15) is 156 Å². The van der Waals surface area contributed by atoms with Crippen molar-refractivity contribution in [2.75, 3.05) is 81.5 Å². The Labute approximate surface area is 561 Å². The van der Waals surface area contributed by atoms with Crippen LogP contribution in [-0.4, -0.2) is 274 Å². The lowest BCUT2D eigenvalue weighted by Gasteiger charge is -2.41. The Bertz CT molecular complexity index is 2540. The lowest BCUT2D eigenvalue weighted by Crippen LogP contribution is -2.64. The van der Waals surface area contributed by atoms with Gasteiger partial charge in [0.2, 0.25) is 65.0 Å². The van der Waals surface area contributed by atoms with Gasteiger partial charge in [0.25, 0.3) is 0 Å². The Morgan fingerprint density at radius 1 is 0.516 bits per heavy atom. The second kappa shape index (κ2) is 38.6. The molecule has 1 aliphatic heterocycles. The third kappa shape index (κ3) is 25.0. The molecule has 0 unspecified atom stereocenters. The summed E-state index contributed by atoms with van der Waals surface area (Å²) in [6.45, 7) is 29.5. The fourth-order valence-corrected chi connectivity index (χ4v) is 12.7. The molecule has 534 valence electrons. The first-order chi connectivity index (χ1) is 42.8. The Morgan fingerprint density at radius 3 is 1.41 bits per heavy atom. The maximum absolute atomic E-state index is 15.3. The molecule has 93 heavy (non-hydrogen) atoms. The zero-order chi connectivity index (χ0) is 72.2. The average Bonchev–Trinajstić information content (AvgIpc) is 0.814. The number of nitrogens with one attached hydrogen (secondary N) is 4. The summed E-state index contributed by atoms with van der Waals surface area (Å²) >= 11 is 1.36. The summed E-state index contributed by atoms with van der Waals surface area (Å²) in [5.74, 6) is -9.75. The first-order valence-electron chi connectivity index (χ1n) is 33.1. The van der Waals surface area contributed by atoms with E-state index in [1.807, 2.05) is 60.5 Å². The molecule has 1 saturated heterocycles. The number of aliphatic hydroxyl groups excluding tert-OH is 1. The standard InChI is InChI=1S/C67H122N12O13S/c1-27-29-30-43(13)55(80)54-59(84)70-46(28-2)61(86)77(24)51(37-93-32-31-72(18)19)64(89)76(23)50(36-67(16,17)92)58(83)71-52(41(9)10)65(90)73(20)47(33-38(3)4)57(82)68-44(14)56(81)69-45(15)60(85)74(21)48(34-39(5)6)62(87)75(22)49(35-40(7)8)63(88)78(25)53(42(11)12)66(91)79(54)26/h27,29,38-55,80,92H,28,30-37H2,1-26H3,(H,68,82)(H,69,81)(H,70,84)(H,71,83)/t43-,44+,45-,46+,47+,48+,49+,50+,51-,52+,53+,54+,55-/m1/s1. The van der Waals surface area contributed by atoms with Crippen molar-refractivity contribution in [3.63, 3.8) is 0 Å². The number of carbonyl (C=O) groups excluding carboxylic acids is 11. The normalized spacial score (nSPS) is 26.6. The minimum absolute atomic E-state index is 0.0105. The maximum Gasteiger partial charge on any atom is 0.246 e. The van der Waals surface area contributed by atoms with Gasteiger partial charge in [0.1, 0.15) is 66.5 Å². The van der Waals surface area contributed by atoms with Crippen molar-refractivity contribution in [3.8, 4) is 0 Å². The molecule has 25 nitrogen and oxygen atoms in total. The van der Waals surface area contributed by atoms with Crippen LogP contribution < -0.4 is 21.3 Å². The van der Waals surface area contributed by atoms with Gasteiger partial charge in [-0.2, -0.15) is 11.8 Å². The van der Waals surface area contributed by atoms with Gasteiger partial charge in [-0.15, -0.1) is 0 Å². The lowest BCUT2D eigenvalue weighted by atomic mass is 9.91. The quantitative estimate of drug-likeness (QED) is 0.0754. The summed E-state index contributed by atoms with van der Waals surface area (Å²) in [6.07, 6.45) is 2.36. The third-order valence-corrected chi connectivity index (χ3v) is 18.4. The molecule has 0 aromatic carbocycles. The van der Waals surface area contributed by atoms with Crippen molar-refractivity contribution in [3.05, 3.63) is 12.2 Å². The molecule has 0 spiro atoms. The number of hydrogen-bond acceptors (Lipinski definition) is 15. The number of nitrogens with zero attached hydrogens (tertiary/aromatic N) is 8. The molecular weight excluding hydrogens is 1210 g/mol. The number of amides is 11. The van der Waals surface area contributed by atoms with Gasteiger partial charge in [-0.1, -0.05) is 95.2 Å². The van der Waals surface area contributed by atoms with Gasteiger partial charge in [-0.25, -0.2) is 0 Å². The first-order valence-corrected chi connectivity index (χ1v) is 34.3. The highest BCUT2D eigenvalue weighted by atomic mass is 32.2. The SMILES string of the molecule is CC=CC[C@@H](C)[C@@H](O)[C@H]1C(=O)N[C@@H](CC)C(=O)N(C)[C@H](CSCCN(C)C)C(=O)N(C)[C@@H](CC(C)(C)O)C(=O)N[C@@H](C(C)C)C(=O)N(C)[C@@H](CC(C)C)C(=O)N[C@@H](C)C(=O)N[C@H](C)C(=O)N(C)[C@@H](CC(C)C)C(=O)N(C)[C@@H](CC(C)C)C(=O)N(C)[C@@H](C(C)C)C(=O)N1C. The first kappa shape index (κ1) is 85.2. The summed E-state index contributed by atoms with van der Waals surface area (Å²) < 4.78 is 0. The van der Waals surface area contributed by atoms with Crippen molar-refractivity contribution in [1.29, 1.82) is 0 Å². The van der Waals surface area contributed by atoms with E-state index in [1.54, 1.807) is 60.6 Å². The number of carbonyl (C=O) groups is 11. The number of hydrogen-bond donors (Lipinski definition) is 6. The molecule has 1 heterocycles. The van der Waals surface area contributed by atoms with E-state index in [0.717, 1.165) is 9.80 Å². The van der Waals surface area contributed by atoms with E-state index in [-0.39, 0.29) is 62.0 Å². The van der Waals surface area contributed by atoms with Gasteiger partial charge in [-0.05, 0) is 116 Å². The molecule has 0 aliphatic carbocycles. The van der Waals surface area contributed by atoms with Gasteiger partial charge in [-0.3, -0.25) is 52.7 Å². The monoisotopic (exact) mass is 1330 g/mol. The number of thioether (sulfide) groups is 1. The Hall–Kier alpha value is -5.86. The van der Waals surface area contributed by atoms with Crippen LogP contribution in [0.4, 0.5) is 0 Å². The summed E-state index contributed by atoms with van der Waals surface area (Å²) in [4.78, 5) is 174. The van der Waals surface area contributed by atoms with Crippen molar-refractivity contribution >= 4 is 76.7 Å². The molecule has 0 saturated carbocycles. The molecule has 26 heteroatoms. The van der Waals surface area contributed by atoms with E-state index in [0.29, 0.717) is 12.3 Å². The fourth-order valence-electron chi connectivity index (χ4n) is 11.4. The van der Waals surface area contributed by atoms with E-state index >= 15 is 28.8 Å². The number of aliphatic hydroxyl groups is 2. The minimum Gasteiger partial charge on any atom is -0.390 e. The lowest BCUT2D eigenvalue weighted by molar-refractivity contribution is -0.157. The predicted molar refractivity (Wildman–Crippen MR) is 365 cm³/mol.